The second-order valence-corrected chi connectivity index (χ2v) is 7.33. The summed E-state index contributed by atoms with van der Waals surface area (Å²) >= 11 is 0. The van der Waals surface area contributed by atoms with Crippen molar-refractivity contribution in [1.29, 1.82) is 0 Å². The average Bonchev–Trinajstić information content (AvgIpc) is 2.56. The molecule has 0 atom stereocenters. The van der Waals surface area contributed by atoms with Gasteiger partial charge in [-0.2, -0.15) is 0 Å². The summed E-state index contributed by atoms with van der Waals surface area (Å²) in [5, 5.41) is 0. The number of hydrogen-bond acceptors (Lipinski definition) is 3. The zero-order chi connectivity index (χ0) is 12.3. The third kappa shape index (κ3) is 3.66. The van der Waals surface area contributed by atoms with Crippen LogP contribution in [0.1, 0.15) is 38.5 Å². The van der Waals surface area contributed by atoms with E-state index in [-0.39, 0.29) is 0 Å². The molecule has 0 unspecified atom stereocenters. The van der Waals surface area contributed by atoms with Crippen LogP contribution in [0, 0.1) is 0 Å². The Morgan fingerprint density at radius 2 is 1.41 bits per heavy atom. The molecule has 0 aromatic rings. The van der Waals surface area contributed by atoms with E-state index in [1.165, 1.54) is 45.0 Å². The summed E-state index contributed by atoms with van der Waals surface area (Å²) in [5.74, 6) is 0. The molecule has 0 saturated carbocycles. The third-order valence-corrected chi connectivity index (χ3v) is 5.35. The lowest BCUT2D eigenvalue weighted by Gasteiger charge is -2.37. The summed E-state index contributed by atoms with van der Waals surface area (Å²) in [6.45, 7) is 3.84. The Morgan fingerprint density at radius 3 is 1.88 bits per heavy atom. The third-order valence-electron chi connectivity index (χ3n) is 4.05. The van der Waals surface area contributed by atoms with Gasteiger partial charge >= 0.3 is 0 Å². The fourth-order valence-corrected chi connectivity index (χ4v) is 3.87. The van der Waals surface area contributed by atoms with Crippen LogP contribution in [-0.4, -0.2) is 56.1 Å². The Labute approximate surface area is 105 Å². The Hall–Kier alpha value is -0.130. The number of hydrogen-bond donors (Lipinski definition) is 0. The van der Waals surface area contributed by atoms with Gasteiger partial charge in [0.1, 0.15) is 0 Å². The monoisotopic (exact) mass is 260 g/mol. The quantitative estimate of drug-likeness (QED) is 0.751. The molecule has 0 bridgehead atoms. The summed E-state index contributed by atoms with van der Waals surface area (Å²) < 4.78 is 24.5. The Balaban J connectivity index is 1.85. The molecular weight excluding hydrogens is 236 g/mol. The molecular formula is C12H24N2O2S. The highest BCUT2D eigenvalue weighted by Crippen LogP contribution is 2.21. The molecule has 2 rings (SSSR count). The van der Waals surface area contributed by atoms with Gasteiger partial charge in [-0.05, 0) is 38.8 Å². The first-order chi connectivity index (χ1) is 8.07. The van der Waals surface area contributed by atoms with E-state index < -0.39 is 10.0 Å². The van der Waals surface area contributed by atoms with Crippen LogP contribution in [-0.2, 0) is 10.0 Å². The molecule has 0 aromatic heterocycles. The topological polar surface area (TPSA) is 40.6 Å². The van der Waals surface area contributed by atoms with Gasteiger partial charge in [0, 0.05) is 19.1 Å². The van der Waals surface area contributed by atoms with Gasteiger partial charge in [0.05, 0.1) is 6.26 Å². The largest absolute Gasteiger partial charge is 0.300 e. The maximum Gasteiger partial charge on any atom is 0.211 e. The number of rotatable bonds is 2. The molecule has 2 heterocycles. The van der Waals surface area contributed by atoms with E-state index in [1.807, 2.05) is 0 Å². The number of likely N-dealkylation sites (tertiary alicyclic amines) is 1. The van der Waals surface area contributed by atoms with E-state index in [1.54, 1.807) is 4.31 Å². The summed E-state index contributed by atoms with van der Waals surface area (Å²) in [5.41, 5.74) is 0. The van der Waals surface area contributed by atoms with Gasteiger partial charge in [-0.3, -0.25) is 0 Å². The van der Waals surface area contributed by atoms with Crippen LogP contribution in [0.15, 0.2) is 0 Å². The highest BCUT2D eigenvalue weighted by molar-refractivity contribution is 7.88. The first kappa shape index (κ1) is 13.3. The molecule has 0 aliphatic carbocycles. The maximum absolute atomic E-state index is 11.4. The summed E-state index contributed by atoms with van der Waals surface area (Å²) in [4.78, 5) is 2.59. The van der Waals surface area contributed by atoms with Crippen LogP contribution in [0.3, 0.4) is 0 Å². The lowest BCUT2D eigenvalue weighted by molar-refractivity contribution is 0.144. The van der Waals surface area contributed by atoms with Gasteiger partial charge in [0.15, 0.2) is 0 Å². The van der Waals surface area contributed by atoms with E-state index >= 15 is 0 Å². The van der Waals surface area contributed by atoms with Crippen LogP contribution in [0.2, 0.25) is 0 Å². The summed E-state index contributed by atoms with van der Waals surface area (Å²) in [6.07, 6.45) is 8.68. The Morgan fingerprint density at radius 1 is 0.882 bits per heavy atom. The molecule has 2 aliphatic rings. The molecule has 2 saturated heterocycles. The molecule has 0 spiro atoms. The van der Waals surface area contributed by atoms with Crippen molar-refractivity contribution in [1.82, 2.24) is 9.21 Å². The second kappa shape index (κ2) is 5.67. The van der Waals surface area contributed by atoms with E-state index in [9.17, 15) is 8.42 Å². The standard InChI is InChI=1S/C12H24N2O2S/c1-17(15,16)14-10-6-12(7-11-14)13-8-4-2-3-5-9-13/h12H,2-11H2,1H3. The summed E-state index contributed by atoms with van der Waals surface area (Å²) in [6, 6.07) is 0.617. The van der Waals surface area contributed by atoms with Crippen molar-refractivity contribution in [2.24, 2.45) is 0 Å². The lowest BCUT2D eigenvalue weighted by atomic mass is 10.0. The average molecular weight is 260 g/mol. The smallest absolute Gasteiger partial charge is 0.211 e. The number of nitrogens with zero attached hydrogens (tertiary/aromatic N) is 2. The van der Waals surface area contributed by atoms with Crippen LogP contribution in [0.4, 0.5) is 0 Å². The van der Waals surface area contributed by atoms with Gasteiger partial charge < -0.3 is 4.90 Å². The van der Waals surface area contributed by atoms with Crippen LogP contribution >= 0.6 is 0 Å². The van der Waals surface area contributed by atoms with E-state index in [0.29, 0.717) is 19.1 Å². The lowest BCUT2D eigenvalue weighted by Crippen LogP contribution is -2.46. The molecule has 17 heavy (non-hydrogen) atoms. The predicted octanol–water partition coefficient (Wildman–Crippen LogP) is 1.29. The molecule has 100 valence electrons. The molecule has 0 aromatic carbocycles. The van der Waals surface area contributed by atoms with E-state index in [2.05, 4.69) is 4.90 Å². The van der Waals surface area contributed by atoms with Crippen LogP contribution < -0.4 is 0 Å². The fourth-order valence-electron chi connectivity index (χ4n) is 3.00. The first-order valence-corrected chi connectivity index (χ1v) is 8.61. The SMILES string of the molecule is CS(=O)(=O)N1CCC(N2CCCCCC2)CC1. The molecule has 0 amide bonds. The minimum absolute atomic E-state index is 0.617. The molecule has 0 N–H and O–H groups in total. The highest BCUT2D eigenvalue weighted by Gasteiger charge is 2.28. The van der Waals surface area contributed by atoms with Crippen molar-refractivity contribution < 1.29 is 8.42 Å². The van der Waals surface area contributed by atoms with Crippen LogP contribution in [0.5, 0.6) is 0 Å². The highest BCUT2D eigenvalue weighted by atomic mass is 32.2. The van der Waals surface area contributed by atoms with Crippen molar-refractivity contribution in [3.05, 3.63) is 0 Å². The molecule has 2 fully saturated rings. The van der Waals surface area contributed by atoms with E-state index in [4.69, 9.17) is 0 Å². The molecule has 2 aliphatic heterocycles. The number of sulfonamides is 1. The normalized spacial score (nSPS) is 26.9. The zero-order valence-electron chi connectivity index (χ0n) is 10.8. The zero-order valence-corrected chi connectivity index (χ0v) is 11.6. The van der Waals surface area contributed by atoms with Crippen molar-refractivity contribution >= 4 is 10.0 Å². The Bertz CT molecular complexity index is 326. The van der Waals surface area contributed by atoms with Crippen LogP contribution in [0.25, 0.3) is 0 Å². The molecule has 0 radical (unpaired) electrons. The summed E-state index contributed by atoms with van der Waals surface area (Å²) in [7, 11) is -2.97. The minimum atomic E-state index is -2.97. The van der Waals surface area contributed by atoms with Gasteiger partial charge in [-0.25, -0.2) is 12.7 Å². The number of piperidine rings is 1. The van der Waals surface area contributed by atoms with Gasteiger partial charge in [0.25, 0.3) is 0 Å². The second-order valence-electron chi connectivity index (χ2n) is 5.34. The fraction of sp³-hybridized carbons (Fsp3) is 1.00. The van der Waals surface area contributed by atoms with Gasteiger partial charge in [-0.15, -0.1) is 0 Å². The van der Waals surface area contributed by atoms with Crippen molar-refractivity contribution in [3.8, 4) is 0 Å². The van der Waals surface area contributed by atoms with E-state index in [0.717, 1.165) is 12.8 Å². The minimum Gasteiger partial charge on any atom is -0.300 e. The van der Waals surface area contributed by atoms with Gasteiger partial charge in [-0.1, -0.05) is 12.8 Å². The molecule has 5 heteroatoms. The Kier molecular flexibility index (Phi) is 4.44. The van der Waals surface area contributed by atoms with Crippen molar-refractivity contribution in [2.45, 2.75) is 44.6 Å². The van der Waals surface area contributed by atoms with Gasteiger partial charge in [0.2, 0.25) is 10.0 Å². The van der Waals surface area contributed by atoms with Crippen molar-refractivity contribution in [2.75, 3.05) is 32.4 Å². The predicted molar refractivity (Wildman–Crippen MR) is 69.5 cm³/mol. The van der Waals surface area contributed by atoms with Crippen molar-refractivity contribution in [3.63, 3.8) is 0 Å². The first-order valence-electron chi connectivity index (χ1n) is 6.76. The molecule has 4 nitrogen and oxygen atoms in total. The maximum atomic E-state index is 11.4.